The van der Waals surface area contributed by atoms with Crippen molar-refractivity contribution in [3.8, 4) is 11.5 Å². The van der Waals surface area contributed by atoms with Crippen LogP contribution in [0.1, 0.15) is 78.7 Å². The molecule has 0 N–H and O–H groups in total. The van der Waals surface area contributed by atoms with Gasteiger partial charge in [-0.2, -0.15) is 0 Å². The first-order chi connectivity index (χ1) is 17.6. The molecule has 1 spiro atoms. The van der Waals surface area contributed by atoms with Gasteiger partial charge in [-0.15, -0.1) is 0 Å². The van der Waals surface area contributed by atoms with Crippen LogP contribution >= 0.6 is 0 Å². The van der Waals surface area contributed by atoms with E-state index in [1.807, 2.05) is 57.7 Å². The van der Waals surface area contributed by atoms with E-state index in [0.29, 0.717) is 32.4 Å². The van der Waals surface area contributed by atoms with Crippen LogP contribution in [0, 0.1) is 0 Å². The second kappa shape index (κ2) is 12.7. The van der Waals surface area contributed by atoms with Crippen molar-refractivity contribution in [2.75, 3.05) is 40.1 Å². The van der Waals surface area contributed by atoms with E-state index in [-0.39, 0.29) is 18.8 Å². The molecule has 2 aliphatic rings. The smallest absolute Gasteiger partial charge is 0.410 e. The minimum absolute atomic E-state index is 0.151. The molecule has 1 fully saturated rings. The third-order valence-electron chi connectivity index (χ3n) is 6.86. The standard InChI is InChI=1S/C29H44N2O6/c1-7-30(8-2)25(32)15-10-9-12-22-20-29(16-18-31(19-17-29)27(33)37-28(3,4)5)36-24-14-11-13-23(26(22)24)35-21-34-6/h11,13-14,20H,7-10,12,15-19,21H2,1-6H3. The number of fused-ring (bicyclic) bond motifs is 1. The fourth-order valence-electron chi connectivity index (χ4n) is 4.96. The first-order valence-electron chi connectivity index (χ1n) is 13.5. The number of amides is 2. The Bertz CT molecular complexity index is 956. The number of hydrogen-bond donors (Lipinski definition) is 0. The molecule has 0 unspecified atom stereocenters. The minimum atomic E-state index is -0.523. The highest BCUT2D eigenvalue weighted by Gasteiger charge is 2.41. The van der Waals surface area contributed by atoms with Gasteiger partial charge in [-0.25, -0.2) is 4.79 Å². The van der Waals surface area contributed by atoms with Crippen molar-refractivity contribution in [3.63, 3.8) is 0 Å². The van der Waals surface area contributed by atoms with E-state index >= 15 is 0 Å². The Labute approximate surface area is 221 Å². The summed E-state index contributed by atoms with van der Waals surface area (Å²) in [4.78, 5) is 28.7. The SMILES string of the molecule is CCN(CC)C(=O)CCCCC1=CC2(CCN(C(=O)OC(C)(C)C)CC2)Oc2cccc(OCOC)c21. The Hall–Kier alpha value is -2.74. The zero-order chi connectivity index (χ0) is 27.1. The van der Waals surface area contributed by atoms with Crippen LogP contribution in [0.3, 0.4) is 0 Å². The molecule has 1 aromatic carbocycles. The van der Waals surface area contributed by atoms with Gasteiger partial charge in [-0.05, 0) is 77.7 Å². The molecule has 0 radical (unpaired) electrons. The Morgan fingerprint density at radius 3 is 2.43 bits per heavy atom. The van der Waals surface area contributed by atoms with Gasteiger partial charge in [0.2, 0.25) is 5.91 Å². The number of allylic oxidation sites excluding steroid dienone is 1. The summed E-state index contributed by atoms with van der Waals surface area (Å²) < 4.78 is 23.2. The molecular weight excluding hydrogens is 472 g/mol. The number of hydrogen-bond acceptors (Lipinski definition) is 6. The fraction of sp³-hybridized carbons (Fsp3) is 0.655. The first-order valence-corrected chi connectivity index (χ1v) is 13.5. The van der Waals surface area contributed by atoms with Gasteiger partial charge in [0.1, 0.15) is 22.7 Å². The Morgan fingerprint density at radius 2 is 1.81 bits per heavy atom. The highest BCUT2D eigenvalue weighted by Crippen LogP contribution is 2.46. The zero-order valence-electron chi connectivity index (χ0n) is 23.4. The normalized spacial score (nSPS) is 16.5. The number of methoxy groups -OCH3 is 1. The van der Waals surface area contributed by atoms with Crippen LogP contribution in [0.15, 0.2) is 24.3 Å². The third kappa shape index (κ3) is 7.63. The quantitative estimate of drug-likeness (QED) is 0.296. The number of ether oxygens (including phenoxy) is 4. The van der Waals surface area contributed by atoms with Crippen molar-refractivity contribution < 1.29 is 28.5 Å². The second-order valence-electron chi connectivity index (χ2n) is 10.8. The molecule has 1 aromatic rings. The maximum Gasteiger partial charge on any atom is 0.410 e. The number of unbranched alkanes of at least 4 members (excludes halogenated alkanes) is 1. The summed E-state index contributed by atoms with van der Waals surface area (Å²) in [6.07, 6.45) is 6.38. The summed E-state index contributed by atoms with van der Waals surface area (Å²) in [6, 6.07) is 5.84. The minimum Gasteiger partial charge on any atom is -0.482 e. The van der Waals surface area contributed by atoms with Crippen molar-refractivity contribution in [2.24, 2.45) is 0 Å². The van der Waals surface area contributed by atoms with Crippen molar-refractivity contribution in [2.45, 2.75) is 84.3 Å². The molecule has 0 aliphatic carbocycles. The highest BCUT2D eigenvalue weighted by atomic mass is 16.7. The van der Waals surface area contributed by atoms with Crippen molar-refractivity contribution in [1.29, 1.82) is 0 Å². The summed E-state index contributed by atoms with van der Waals surface area (Å²) in [5.41, 5.74) is 1.10. The Morgan fingerprint density at radius 1 is 1.11 bits per heavy atom. The number of nitrogens with zero attached hydrogens (tertiary/aromatic N) is 2. The van der Waals surface area contributed by atoms with E-state index in [1.54, 1.807) is 12.0 Å². The number of piperidine rings is 1. The van der Waals surface area contributed by atoms with Crippen LogP contribution in [0.2, 0.25) is 0 Å². The molecule has 8 nitrogen and oxygen atoms in total. The maximum absolute atomic E-state index is 12.6. The topological polar surface area (TPSA) is 77.5 Å². The zero-order valence-corrected chi connectivity index (χ0v) is 23.4. The van der Waals surface area contributed by atoms with Gasteiger partial charge >= 0.3 is 6.09 Å². The number of likely N-dealkylation sites (tertiary alicyclic amines) is 1. The molecule has 37 heavy (non-hydrogen) atoms. The molecule has 0 aromatic heterocycles. The maximum atomic E-state index is 12.6. The molecule has 0 bridgehead atoms. The number of carbonyl (C=O) groups is 2. The van der Waals surface area contributed by atoms with Crippen molar-refractivity contribution in [1.82, 2.24) is 9.80 Å². The van der Waals surface area contributed by atoms with Gasteiger partial charge in [0.05, 0.1) is 5.56 Å². The lowest BCUT2D eigenvalue weighted by Crippen LogP contribution is -2.50. The van der Waals surface area contributed by atoms with Gasteiger partial charge in [0.15, 0.2) is 6.79 Å². The van der Waals surface area contributed by atoms with Crippen LogP contribution in [-0.4, -0.2) is 73.1 Å². The van der Waals surface area contributed by atoms with Crippen molar-refractivity contribution >= 4 is 17.6 Å². The molecule has 8 heteroatoms. The fourth-order valence-corrected chi connectivity index (χ4v) is 4.96. The summed E-state index contributed by atoms with van der Waals surface area (Å²) in [5, 5.41) is 0. The largest absolute Gasteiger partial charge is 0.482 e. The summed E-state index contributed by atoms with van der Waals surface area (Å²) >= 11 is 0. The van der Waals surface area contributed by atoms with Crippen LogP contribution in [0.5, 0.6) is 11.5 Å². The number of benzene rings is 1. The average molecular weight is 517 g/mol. The van der Waals surface area contributed by atoms with Gasteiger partial charge in [-0.3, -0.25) is 4.79 Å². The van der Waals surface area contributed by atoms with Crippen LogP contribution < -0.4 is 9.47 Å². The molecule has 1 saturated heterocycles. The van der Waals surface area contributed by atoms with Gasteiger partial charge in [0, 0.05) is 52.6 Å². The molecule has 206 valence electrons. The monoisotopic (exact) mass is 516 g/mol. The van der Waals surface area contributed by atoms with E-state index in [9.17, 15) is 9.59 Å². The molecule has 0 saturated carbocycles. The van der Waals surface area contributed by atoms with E-state index in [4.69, 9.17) is 18.9 Å². The lowest BCUT2D eigenvalue weighted by Gasteiger charge is -2.43. The third-order valence-corrected chi connectivity index (χ3v) is 6.86. The predicted molar refractivity (Wildman–Crippen MR) is 144 cm³/mol. The van der Waals surface area contributed by atoms with Crippen LogP contribution in [0.4, 0.5) is 4.79 Å². The lowest BCUT2D eigenvalue weighted by molar-refractivity contribution is -0.130. The van der Waals surface area contributed by atoms with E-state index in [0.717, 1.165) is 55.0 Å². The van der Waals surface area contributed by atoms with Crippen LogP contribution in [0.25, 0.3) is 5.57 Å². The van der Waals surface area contributed by atoms with Crippen LogP contribution in [-0.2, 0) is 14.3 Å². The molecule has 2 amide bonds. The second-order valence-corrected chi connectivity index (χ2v) is 10.8. The van der Waals surface area contributed by atoms with Gasteiger partial charge < -0.3 is 28.7 Å². The average Bonchev–Trinajstić information content (AvgIpc) is 2.85. The van der Waals surface area contributed by atoms with E-state index in [1.165, 1.54) is 0 Å². The van der Waals surface area contributed by atoms with E-state index in [2.05, 4.69) is 6.08 Å². The van der Waals surface area contributed by atoms with E-state index < -0.39 is 11.2 Å². The first kappa shape index (κ1) is 28.8. The summed E-state index contributed by atoms with van der Waals surface area (Å²) in [5.74, 6) is 1.73. The number of carbonyl (C=O) groups excluding carboxylic acids is 2. The lowest BCUT2D eigenvalue weighted by atomic mass is 9.83. The molecule has 2 aliphatic heterocycles. The number of rotatable bonds is 10. The summed E-state index contributed by atoms with van der Waals surface area (Å²) in [7, 11) is 1.60. The molecule has 3 rings (SSSR count). The molecular formula is C29H44N2O6. The van der Waals surface area contributed by atoms with Gasteiger partial charge in [0.25, 0.3) is 0 Å². The predicted octanol–water partition coefficient (Wildman–Crippen LogP) is 5.64. The Balaban J connectivity index is 1.76. The van der Waals surface area contributed by atoms with Crippen molar-refractivity contribution in [3.05, 3.63) is 29.8 Å². The Kier molecular flexibility index (Phi) is 9.87. The highest BCUT2D eigenvalue weighted by molar-refractivity contribution is 5.78. The molecule has 2 heterocycles. The van der Waals surface area contributed by atoms with Gasteiger partial charge in [-0.1, -0.05) is 6.07 Å². The summed E-state index contributed by atoms with van der Waals surface area (Å²) in [6.45, 7) is 12.4. The molecule has 0 atom stereocenters.